The summed E-state index contributed by atoms with van der Waals surface area (Å²) < 4.78 is 0. The summed E-state index contributed by atoms with van der Waals surface area (Å²) in [5, 5.41) is 6.51. The van der Waals surface area contributed by atoms with Crippen LogP contribution in [0.3, 0.4) is 0 Å². The van der Waals surface area contributed by atoms with Gasteiger partial charge in [0.2, 0.25) is 0 Å². The van der Waals surface area contributed by atoms with E-state index in [-0.39, 0.29) is 6.03 Å². The number of likely N-dealkylation sites (N-methyl/N-ethyl adjacent to an activating group) is 1. The molecule has 7 nitrogen and oxygen atoms in total. The van der Waals surface area contributed by atoms with Crippen LogP contribution in [0.5, 0.6) is 0 Å². The van der Waals surface area contributed by atoms with E-state index in [1.165, 1.54) is 11.3 Å². The van der Waals surface area contributed by atoms with Gasteiger partial charge in [-0.2, -0.15) is 0 Å². The third-order valence-corrected chi connectivity index (χ3v) is 4.99. The first kappa shape index (κ1) is 15.1. The topological polar surface area (TPSA) is 77.1 Å². The first-order valence-corrected chi connectivity index (χ1v) is 8.71. The first-order valence-electron chi connectivity index (χ1n) is 7.83. The van der Waals surface area contributed by atoms with E-state index in [0.717, 1.165) is 48.5 Å². The molecular formula is C16H18N6OS. The summed E-state index contributed by atoms with van der Waals surface area (Å²) in [7, 11) is 2.07. The quantitative estimate of drug-likeness (QED) is 0.750. The van der Waals surface area contributed by atoms with Crippen molar-refractivity contribution in [1.29, 1.82) is 0 Å². The number of pyridine rings is 1. The molecule has 1 fully saturated rings. The van der Waals surface area contributed by atoms with Gasteiger partial charge >= 0.3 is 6.03 Å². The molecule has 0 atom stereocenters. The van der Waals surface area contributed by atoms with E-state index in [9.17, 15) is 4.79 Å². The molecule has 0 aliphatic carbocycles. The van der Waals surface area contributed by atoms with Gasteiger partial charge in [0.15, 0.2) is 5.13 Å². The van der Waals surface area contributed by atoms with Gasteiger partial charge in [-0.25, -0.2) is 14.8 Å². The van der Waals surface area contributed by atoms with E-state index in [2.05, 4.69) is 32.2 Å². The number of hydrogen-bond acceptors (Lipinski definition) is 5. The van der Waals surface area contributed by atoms with E-state index < -0.39 is 0 Å². The van der Waals surface area contributed by atoms with Crippen molar-refractivity contribution in [2.75, 3.05) is 38.5 Å². The molecule has 0 bridgehead atoms. The number of thiazole rings is 1. The SMILES string of the molecule is CN1CCN(C(=O)Nc2nc(-c3c[nH]c4ncccc34)cs2)CC1. The molecule has 1 aliphatic rings. The molecule has 0 aromatic carbocycles. The second-order valence-electron chi connectivity index (χ2n) is 5.86. The van der Waals surface area contributed by atoms with Crippen LogP contribution in [0.1, 0.15) is 0 Å². The monoisotopic (exact) mass is 342 g/mol. The Balaban J connectivity index is 1.50. The smallest absolute Gasteiger partial charge is 0.323 e. The van der Waals surface area contributed by atoms with Crippen LogP contribution in [0.25, 0.3) is 22.3 Å². The third kappa shape index (κ3) is 2.85. The lowest BCUT2D eigenvalue weighted by Gasteiger charge is -2.32. The van der Waals surface area contributed by atoms with Crippen LogP contribution >= 0.6 is 11.3 Å². The summed E-state index contributed by atoms with van der Waals surface area (Å²) >= 11 is 1.43. The standard InChI is InChI=1S/C16H18N6OS/c1-21-5-7-22(8-6-21)16(23)20-15-19-13(10-24-15)12-9-18-14-11(12)3-2-4-17-14/h2-4,9-10H,5-8H2,1H3,(H,17,18)(H,19,20,23). The van der Waals surface area contributed by atoms with Crippen molar-refractivity contribution >= 4 is 33.5 Å². The lowest BCUT2D eigenvalue weighted by molar-refractivity contribution is 0.164. The number of amides is 2. The number of carbonyl (C=O) groups is 1. The molecule has 24 heavy (non-hydrogen) atoms. The number of anilines is 1. The molecule has 3 aromatic heterocycles. The third-order valence-electron chi connectivity index (χ3n) is 4.24. The predicted octanol–water partition coefficient (Wildman–Crippen LogP) is 2.47. The maximum atomic E-state index is 12.3. The number of rotatable bonds is 2. The zero-order chi connectivity index (χ0) is 16.5. The molecule has 2 amide bonds. The Bertz CT molecular complexity index is 864. The molecule has 4 rings (SSSR count). The normalized spacial score (nSPS) is 15.8. The van der Waals surface area contributed by atoms with Crippen LogP contribution in [-0.4, -0.2) is 64.0 Å². The van der Waals surface area contributed by atoms with Gasteiger partial charge < -0.3 is 14.8 Å². The fraction of sp³-hybridized carbons (Fsp3) is 0.312. The molecule has 8 heteroatoms. The van der Waals surface area contributed by atoms with Gasteiger partial charge in [-0.15, -0.1) is 11.3 Å². The molecule has 1 saturated heterocycles. The highest BCUT2D eigenvalue weighted by Crippen LogP contribution is 2.30. The van der Waals surface area contributed by atoms with Crippen molar-refractivity contribution in [1.82, 2.24) is 24.8 Å². The maximum Gasteiger partial charge on any atom is 0.323 e. The second kappa shape index (κ2) is 6.21. The average molecular weight is 342 g/mol. The Morgan fingerprint density at radius 3 is 3.00 bits per heavy atom. The number of nitrogens with one attached hydrogen (secondary N) is 2. The zero-order valence-electron chi connectivity index (χ0n) is 13.3. The van der Waals surface area contributed by atoms with Crippen LogP contribution < -0.4 is 5.32 Å². The van der Waals surface area contributed by atoms with Gasteiger partial charge in [-0.1, -0.05) is 0 Å². The highest BCUT2D eigenvalue weighted by molar-refractivity contribution is 7.14. The Kier molecular flexibility index (Phi) is 3.91. The van der Waals surface area contributed by atoms with Gasteiger partial charge in [0.25, 0.3) is 0 Å². The van der Waals surface area contributed by atoms with Crippen LogP contribution in [-0.2, 0) is 0 Å². The highest BCUT2D eigenvalue weighted by atomic mass is 32.1. The number of aromatic nitrogens is 3. The van der Waals surface area contributed by atoms with Crippen LogP contribution in [0.4, 0.5) is 9.93 Å². The fourth-order valence-corrected chi connectivity index (χ4v) is 3.50. The predicted molar refractivity (Wildman–Crippen MR) is 95.3 cm³/mol. The maximum absolute atomic E-state index is 12.3. The first-order chi connectivity index (χ1) is 11.7. The van der Waals surface area contributed by atoms with E-state index >= 15 is 0 Å². The summed E-state index contributed by atoms with van der Waals surface area (Å²) in [6.07, 6.45) is 3.66. The van der Waals surface area contributed by atoms with Crippen molar-refractivity contribution < 1.29 is 4.79 Å². The molecule has 0 spiro atoms. The molecule has 0 unspecified atom stereocenters. The van der Waals surface area contributed by atoms with Crippen molar-refractivity contribution in [3.05, 3.63) is 29.9 Å². The second-order valence-corrected chi connectivity index (χ2v) is 6.72. The molecule has 2 N–H and O–H groups in total. The Morgan fingerprint density at radius 2 is 2.17 bits per heavy atom. The number of fused-ring (bicyclic) bond motifs is 1. The average Bonchev–Trinajstić information content (AvgIpc) is 3.22. The zero-order valence-corrected chi connectivity index (χ0v) is 14.1. The number of aromatic amines is 1. The number of H-pyrrole nitrogens is 1. The minimum atomic E-state index is -0.0791. The van der Waals surface area contributed by atoms with Crippen molar-refractivity contribution in [2.24, 2.45) is 0 Å². The number of carbonyl (C=O) groups excluding carboxylic acids is 1. The fourth-order valence-electron chi connectivity index (χ4n) is 2.80. The molecular weight excluding hydrogens is 324 g/mol. The molecule has 4 heterocycles. The van der Waals surface area contributed by atoms with E-state index in [1.807, 2.05) is 28.6 Å². The minimum Gasteiger partial charge on any atom is -0.345 e. The molecule has 3 aromatic rings. The van der Waals surface area contributed by atoms with Crippen LogP contribution in [0.15, 0.2) is 29.9 Å². The Morgan fingerprint density at radius 1 is 1.33 bits per heavy atom. The Hall–Kier alpha value is -2.45. The van der Waals surface area contributed by atoms with E-state index in [4.69, 9.17) is 0 Å². The molecule has 1 aliphatic heterocycles. The molecule has 0 radical (unpaired) electrons. The lowest BCUT2D eigenvalue weighted by atomic mass is 10.2. The highest BCUT2D eigenvalue weighted by Gasteiger charge is 2.20. The number of hydrogen-bond donors (Lipinski definition) is 2. The summed E-state index contributed by atoms with van der Waals surface area (Å²) in [6.45, 7) is 3.29. The number of nitrogens with zero attached hydrogens (tertiary/aromatic N) is 4. The summed E-state index contributed by atoms with van der Waals surface area (Å²) in [6, 6.07) is 3.84. The summed E-state index contributed by atoms with van der Waals surface area (Å²) in [5.74, 6) is 0. The number of urea groups is 1. The summed E-state index contributed by atoms with van der Waals surface area (Å²) in [4.78, 5) is 28.4. The molecule has 0 saturated carbocycles. The van der Waals surface area contributed by atoms with Gasteiger partial charge in [0.1, 0.15) is 5.65 Å². The van der Waals surface area contributed by atoms with Gasteiger partial charge in [-0.05, 0) is 19.2 Å². The van der Waals surface area contributed by atoms with Gasteiger partial charge in [-0.3, -0.25) is 5.32 Å². The van der Waals surface area contributed by atoms with E-state index in [1.54, 1.807) is 6.20 Å². The van der Waals surface area contributed by atoms with Crippen LogP contribution in [0.2, 0.25) is 0 Å². The largest absolute Gasteiger partial charge is 0.345 e. The van der Waals surface area contributed by atoms with E-state index in [0.29, 0.717) is 5.13 Å². The Labute approximate surface area is 143 Å². The van der Waals surface area contributed by atoms with Crippen molar-refractivity contribution in [2.45, 2.75) is 0 Å². The summed E-state index contributed by atoms with van der Waals surface area (Å²) in [5.41, 5.74) is 2.67. The van der Waals surface area contributed by atoms with Gasteiger partial charge in [0, 0.05) is 54.9 Å². The lowest BCUT2D eigenvalue weighted by Crippen LogP contribution is -2.48. The van der Waals surface area contributed by atoms with Gasteiger partial charge in [0.05, 0.1) is 5.69 Å². The van der Waals surface area contributed by atoms with Crippen molar-refractivity contribution in [3.8, 4) is 11.3 Å². The number of piperazine rings is 1. The molecule has 124 valence electrons. The minimum absolute atomic E-state index is 0.0791. The van der Waals surface area contributed by atoms with Crippen molar-refractivity contribution in [3.63, 3.8) is 0 Å². The van der Waals surface area contributed by atoms with Crippen LogP contribution in [0, 0.1) is 0 Å².